The van der Waals surface area contributed by atoms with Crippen molar-refractivity contribution in [2.75, 3.05) is 20.1 Å². The molecule has 0 bridgehead atoms. The van der Waals surface area contributed by atoms with E-state index in [1.54, 1.807) is 30.1 Å². The Hall–Kier alpha value is -2.20. The highest BCUT2D eigenvalue weighted by Crippen LogP contribution is 2.23. The maximum absolute atomic E-state index is 13.9. The third-order valence-electron chi connectivity index (χ3n) is 4.27. The monoisotopic (exact) mass is 328 g/mol. The lowest BCUT2D eigenvalue weighted by molar-refractivity contribution is -0.136. The minimum absolute atomic E-state index is 0.0202. The second-order valence-electron chi connectivity index (χ2n) is 5.82. The lowest BCUT2D eigenvalue weighted by Crippen LogP contribution is -2.41. The summed E-state index contributed by atoms with van der Waals surface area (Å²) in [6, 6.07) is 16.0. The highest BCUT2D eigenvalue weighted by Gasteiger charge is 2.28. The van der Waals surface area contributed by atoms with Gasteiger partial charge in [0.15, 0.2) is 0 Å². The molecule has 3 nitrogen and oxygen atoms in total. The zero-order chi connectivity index (χ0) is 17.5. The first-order valence-electron chi connectivity index (χ1n) is 8.35. The minimum atomic E-state index is -0.349. The number of carbonyl (C=O) groups excluding carboxylic acids is 1. The van der Waals surface area contributed by atoms with Crippen LogP contribution < -0.4 is 0 Å². The van der Waals surface area contributed by atoms with E-state index in [-0.39, 0.29) is 24.3 Å². The van der Waals surface area contributed by atoms with Crippen LogP contribution in [0.1, 0.15) is 31.0 Å². The first kappa shape index (κ1) is 18.1. The second kappa shape index (κ2) is 8.60. The van der Waals surface area contributed by atoms with E-state index in [9.17, 15) is 9.18 Å². The SMILES string of the molecule is CCN(CC)C(C(=O)N(C)Cc1ccccc1F)c1ccccc1. The molecule has 2 aromatic rings. The number of amides is 1. The van der Waals surface area contributed by atoms with Crippen molar-refractivity contribution < 1.29 is 9.18 Å². The van der Waals surface area contributed by atoms with Crippen molar-refractivity contribution in [2.45, 2.75) is 26.4 Å². The van der Waals surface area contributed by atoms with E-state index in [0.717, 1.165) is 18.7 Å². The van der Waals surface area contributed by atoms with Gasteiger partial charge in [0.25, 0.3) is 0 Å². The van der Waals surface area contributed by atoms with Crippen molar-refractivity contribution in [2.24, 2.45) is 0 Å². The Labute approximate surface area is 143 Å². The molecular weight excluding hydrogens is 303 g/mol. The maximum atomic E-state index is 13.9. The molecule has 24 heavy (non-hydrogen) atoms. The summed E-state index contributed by atoms with van der Waals surface area (Å²) in [7, 11) is 1.73. The molecule has 0 aliphatic heterocycles. The lowest BCUT2D eigenvalue weighted by Gasteiger charge is -2.32. The third-order valence-corrected chi connectivity index (χ3v) is 4.27. The number of likely N-dealkylation sites (N-methyl/N-ethyl adjacent to an activating group) is 2. The van der Waals surface area contributed by atoms with E-state index in [1.165, 1.54) is 6.07 Å². The molecule has 0 aliphatic carbocycles. The molecular formula is C20H25FN2O. The predicted octanol–water partition coefficient (Wildman–Crippen LogP) is 3.87. The summed E-state index contributed by atoms with van der Waals surface area (Å²) in [4.78, 5) is 16.8. The topological polar surface area (TPSA) is 23.6 Å². The van der Waals surface area contributed by atoms with Crippen LogP contribution in [0, 0.1) is 5.82 Å². The van der Waals surface area contributed by atoms with Crippen LogP contribution in [0.5, 0.6) is 0 Å². The van der Waals surface area contributed by atoms with Crippen LogP contribution in [0.15, 0.2) is 54.6 Å². The van der Waals surface area contributed by atoms with Crippen molar-refractivity contribution in [1.29, 1.82) is 0 Å². The summed E-state index contributed by atoms with van der Waals surface area (Å²) in [5, 5.41) is 0. The quantitative estimate of drug-likeness (QED) is 0.770. The van der Waals surface area contributed by atoms with E-state index >= 15 is 0 Å². The van der Waals surface area contributed by atoms with Gasteiger partial charge in [-0.25, -0.2) is 4.39 Å². The molecule has 1 amide bonds. The molecule has 2 aromatic carbocycles. The average molecular weight is 328 g/mol. The highest BCUT2D eigenvalue weighted by molar-refractivity contribution is 5.83. The van der Waals surface area contributed by atoms with Gasteiger partial charge in [-0.2, -0.15) is 0 Å². The Bertz CT molecular complexity index is 656. The highest BCUT2D eigenvalue weighted by atomic mass is 19.1. The second-order valence-corrected chi connectivity index (χ2v) is 5.82. The zero-order valence-corrected chi connectivity index (χ0v) is 14.6. The smallest absolute Gasteiger partial charge is 0.244 e. The molecule has 2 rings (SSSR count). The Balaban J connectivity index is 2.25. The first-order chi connectivity index (χ1) is 11.6. The molecule has 0 N–H and O–H groups in total. The fourth-order valence-electron chi connectivity index (χ4n) is 2.90. The summed E-state index contributed by atoms with van der Waals surface area (Å²) >= 11 is 0. The third kappa shape index (κ3) is 4.20. The largest absolute Gasteiger partial charge is 0.340 e. The Morgan fingerprint density at radius 2 is 1.58 bits per heavy atom. The van der Waals surface area contributed by atoms with Crippen LogP contribution in [0.2, 0.25) is 0 Å². The number of hydrogen-bond donors (Lipinski definition) is 0. The molecule has 0 aromatic heterocycles. The van der Waals surface area contributed by atoms with Crippen molar-refractivity contribution in [3.63, 3.8) is 0 Å². The van der Waals surface area contributed by atoms with Gasteiger partial charge in [0, 0.05) is 19.2 Å². The number of halogens is 1. The Kier molecular flexibility index (Phi) is 6.50. The molecule has 0 saturated carbocycles. The zero-order valence-electron chi connectivity index (χ0n) is 14.6. The van der Waals surface area contributed by atoms with Gasteiger partial charge >= 0.3 is 0 Å². The average Bonchev–Trinajstić information content (AvgIpc) is 2.61. The van der Waals surface area contributed by atoms with Crippen LogP contribution in [0.3, 0.4) is 0 Å². The minimum Gasteiger partial charge on any atom is -0.340 e. The molecule has 128 valence electrons. The van der Waals surface area contributed by atoms with Crippen LogP contribution in [0.25, 0.3) is 0 Å². The van der Waals surface area contributed by atoms with Crippen LogP contribution in [0.4, 0.5) is 4.39 Å². The summed E-state index contributed by atoms with van der Waals surface area (Å²) in [5.74, 6) is -0.301. The molecule has 0 spiro atoms. The summed E-state index contributed by atoms with van der Waals surface area (Å²) in [6.07, 6.45) is 0. The van der Waals surface area contributed by atoms with Crippen LogP contribution in [-0.4, -0.2) is 35.8 Å². The maximum Gasteiger partial charge on any atom is 0.244 e. The van der Waals surface area contributed by atoms with Crippen LogP contribution in [-0.2, 0) is 11.3 Å². The molecule has 0 fully saturated rings. The number of carbonyl (C=O) groups is 1. The fourth-order valence-corrected chi connectivity index (χ4v) is 2.90. The normalized spacial score (nSPS) is 12.2. The number of hydrogen-bond acceptors (Lipinski definition) is 2. The van der Waals surface area contributed by atoms with Crippen molar-refractivity contribution >= 4 is 5.91 Å². The van der Waals surface area contributed by atoms with Crippen molar-refractivity contribution in [1.82, 2.24) is 9.80 Å². The van der Waals surface area contributed by atoms with Crippen molar-refractivity contribution in [3.8, 4) is 0 Å². The summed E-state index contributed by atoms with van der Waals surface area (Å²) in [5.41, 5.74) is 1.49. The van der Waals surface area contributed by atoms with Gasteiger partial charge in [-0.05, 0) is 24.7 Å². The predicted molar refractivity (Wildman–Crippen MR) is 95.0 cm³/mol. The van der Waals surface area contributed by atoms with Crippen molar-refractivity contribution in [3.05, 3.63) is 71.5 Å². The van der Waals surface area contributed by atoms with E-state index in [0.29, 0.717) is 5.56 Å². The molecule has 0 radical (unpaired) electrons. The van der Waals surface area contributed by atoms with E-state index < -0.39 is 0 Å². The van der Waals surface area contributed by atoms with Gasteiger partial charge in [0.1, 0.15) is 11.9 Å². The van der Waals surface area contributed by atoms with Gasteiger partial charge in [-0.1, -0.05) is 62.4 Å². The number of rotatable bonds is 7. The molecule has 0 aliphatic rings. The van der Waals surface area contributed by atoms with E-state index in [2.05, 4.69) is 4.90 Å². The molecule has 1 atom stereocenters. The van der Waals surface area contributed by atoms with E-state index in [1.807, 2.05) is 44.2 Å². The number of nitrogens with zero attached hydrogens (tertiary/aromatic N) is 2. The summed E-state index contributed by atoms with van der Waals surface area (Å²) in [6.45, 7) is 5.90. The Morgan fingerprint density at radius 3 is 2.17 bits per heavy atom. The van der Waals surface area contributed by atoms with Crippen LogP contribution >= 0.6 is 0 Å². The van der Waals surface area contributed by atoms with E-state index in [4.69, 9.17) is 0 Å². The number of benzene rings is 2. The molecule has 0 saturated heterocycles. The van der Waals surface area contributed by atoms with Gasteiger partial charge in [-0.15, -0.1) is 0 Å². The molecule has 1 unspecified atom stereocenters. The van der Waals surface area contributed by atoms with Gasteiger partial charge < -0.3 is 4.90 Å². The summed E-state index contributed by atoms with van der Waals surface area (Å²) < 4.78 is 13.9. The fraction of sp³-hybridized carbons (Fsp3) is 0.350. The van der Waals surface area contributed by atoms with Gasteiger partial charge in [0.2, 0.25) is 5.91 Å². The molecule has 4 heteroatoms. The Morgan fingerprint density at radius 1 is 1.00 bits per heavy atom. The van der Waals surface area contributed by atoms with Gasteiger partial charge in [0.05, 0.1) is 0 Å². The molecule has 0 heterocycles. The standard InChI is InChI=1S/C20H25FN2O/c1-4-23(5-2)19(16-11-7-6-8-12-16)20(24)22(3)15-17-13-9-10-14-18(17)21/h6-14,19H,4-5,15H2,1-3H3. The van der Waals surface area contributed by atoms with Gasteiger partial charge in [-0.3, -0.25) is 9.69 Å². The lowest BCUT2D eigenvalue weighted by atomic mass is 10.0. The first-order valence-corrected chi connectivity index (χ1v) is 8.35.